The van der Waals surface area contributed by atoms with Gasteiger partial charge in [0, 0.05) is 24.3 Å². The zero-order valence-corrected chi connectivity index (χ0v) is 6.96. The number of hydrogen-bond donors (Lipinski definition) is 2. The van der Waals surface area contributed by atoms with E-state index in [1.54, 1.807) is 0 Å². The molecule has 2 N–H and O–H groups in total. The molecule has 2 heterocycles. The van der Waals surface area contributed by atoms with Crippen LogP contribution in [-0.4, -0.2) is 17.0 Å². The highest BCUT2D eigenvalue weighted by Gasteiger charge is 1.96. The number of H-pyrrole nitrogens is 1. The lowest BCUT2D eigenvalue weighted by molar-refractivity contribution is 0.815. The van der Waals surface area contributed by atoms with Crippen molar-refractivity contribution < 1.29 is 0 Å². The molecule has 0 aliphatic carbocycles. The minimum Gasteiger partial charge on any atom is -0.346 e. The number of nitrogens with zero attached hydrogens (tertiary/aromatic N) is 1. The Kier molecular flexibility index (Phi) is 1.80. The Labute approximate surface area is 70.8 Å². The van der Waals surface area contributed by atoms with Crippen LogP contribution in [0.15, 0.2) is 24.5 Å². The van der Waals surface area contributed by atoms with Gasteiger partial charge in [-0.25, -0.2) is 4.98 Å². The summed E-state index contributed by atoms with van der Waals surface area (Å²) >= 11 is 0. The highest BCUT2D eigenvalue weighted by atomic mass is 14.8. The molecule has 0 amide bonds. The van der Waals surface area contributed by atoms with Gasteiger partial charge in [-0.05, 0) is 24.7 Å². The Morgan fingerprint density at radius 1 is 1.58 bits per heavy atom. The van der Waals surface area contributed by atoms with Crippen LogP contribution >= 0.6 is 0 Å². The highest BCUT2D eigenvalue weighted by Crippen LogP contribution is 2.10. The summed E-state index contributed by atoms with van der Waals surface area (Å²) in [6.45, 7) is 0.869. The van der Waals surface area contributed by atoms with Crippen molar-refractivity contribution in [2.75, 3.05) is 7.05 Å². The largest absolute Gasteiger partial charge is 0.346 e. The third-order valence-corrected chi connectivity index (χ3v) is 1.84. The minimum atomic E-state index is 0.869. The monoisotopic (exact) mass is 161 g/mol. The van der Waals surface area contributed by atoms with Crippen LogP contribution in [0.25, 0.3) is 11.0 Å². The van der Waals surface area contributed by atoms with E-state index in [0.717, 1.165) is 12.2 Å². The number of hydrogen-bond acceptors (Lipinski definition) is 2. The van der Waals surface area contributed by atoms with Crippen LogP contribution in [-0.2, 0) is 6.54 Å². The first kappa shape index (κ1) is 7.31. The van der Waals surface area contributed by atoms with E-state index in [-0.39, 0.29) is 0 Å². The van der Waals surface area contributed by atoms with E-state index in [2.05, 4.69) is 21.4 Å². The predicted octanol–water partition coefficient (Wildman–Crippen LogP) is 1.28. The Bertz CT molecular complexity index is 378. The Balaban J connectivity index is 2.46. The average molecular weight is 161 g/mol. The average Bonchev–Trinajstić information content (AvgIpc) is 2.51. The van der Waals surface area contributed by atoms with E-state index in [0.29, 0.717) is 0 Å². The van der Waals surface area contributed by atoms with Crippen LogP contribution in [0.3, 0.4) is 0 Å². The van der Waals surface area contributed by atoms with E-state index >= 15 is 0 Å². The number of aromatic amines is 1. The van der Waals surface area contributed by atoms with Gasteiger partial charge in [0.1, 0.15) is 5.65 Å². The molecule has 3 heteroatoms. The van der Waals surface area contributed by atoms with Gasteiger partial charge in [-0.3, -0.25) is 0 Å². The predicted molar refractivity (Wildman–Crippen MR) is 48.9 cm³/mol. The molecule has 3 nitrogen and oxygen atoms in total. The molecule has 0 bridgehead atoms. The van der Waals surface area contributed by atoms with Crippen LogP contribution in [0.4, 0.5) is 0 Å². The van der Waals surface area contributed by atoms with E-state index in [1.165, 1.54) is 10.9 Å². The van der Waals surface area contributed by atoms with E-state index in [4.69, 9.17) is 0 Å². The lowest BCUT2D eigenvalue weighted by atomic mass is 10.2. The van der Waals surface area contributed by atoms with Crippen LogP contribution in [0.5, 0.6) is 0 Å². The fourth-order valence-corrected chi connectivity index (χ4v) is 1.29. The lowest BCUT2D eigenvalue weighted by Gasteiger charge is -1.98. The van der Waals surface area contributed by atoms with Crippen LogP contribution < -0.4 is 5.32 Å². The molecular weight excluding hydrogens is 150 g/mol. The van der Waals surface area contributed by atoms with E-state index < -0.39 is 0 Å². The molecule has 0 saturated carbocycles. The smallest absolute Gasteiger partial charge is 0.137 e. The first-order valence-corrected chi connectivity index (χ1v) is 3.97. The minimum absolute atomic E-state index is 0.869. The number of pyridine rings is 1. The zero-order chi connectivity index (χ0) is 8.39. The summed E-state index contributed by atoms with van der Waals surface area (Å²) in [6.07, 6.45) is 3.79. The molecule has 0 aromatic carbocycles. The topological polar surface area (TPSA) is 40.7 Å². The molecule has 2 aromatic heterocycles. The van der Waals surface area contributed by atoms with Gasteiger partial charge in [0.25, 0.3) is 0 Å². The van der Waals surface area contributed by atoms with Gasteiger partial charge in [0.2, 0.25) is 0 Å². The van der Waals surface area contributed by atoms with E-state index in [1.807, 2.05) is 25.5 Å². The third-order valence-electron chi connectivity index (χ3n) is 1.84. The number of fused-ring (bicyclic) bond motifs is 1. The molecule has 0 aliphatic rings. The van der Waals surface area contributed by atoms with Crippen LogP contribution in [0.1, 0.15) is 5.56 Å². The van der Waals surface area contributed by atoms with Gasteiger partial charge in [-0.1, -0.05) is 0 Å². The fraction of sp³-hybridized carbons (Fsp3) is 0.222. The van der Waals surface area contributed by atoms with Crippen LogP contribution in [0, 0.1) is 0 Å². The number of nitrogens with one attached hydrogen (secondary N) is 2. The molecule has 12 heavy (non-hydrogen) atoms. The number of aromatic nitrogens is 2. The maximum atomic E-state index is 4.26. The van der Waals surface area contributed by atoms with Crippen LogP contribution in [0.2, 0.25) is 0 Å². The van der Waals surface area contributed by atoms with Crippen molar-refractivity contribution in [1.29, 1.82) is 0 Å². The molecule has 0 aliphatic heterocycles. The first-order chi connectivity index (χ1) is 5.90. The highest BCUT2D eigenvalue weighted by molar-refractivity contribution is 5.75. The molecule has 0 saturated heterocycles. The van der Waals surface area contributed by atoms with Gasteiger partial charge in [-0.2, -0.15) is 0 Å². The molecule has 0 spiro atoms. The Hall–Kier alpha value is -1.35. The zero-order valence-electron chi connectivity index (χ0n) is 6.96. The summed E-state index contributed by atoms with van der Waals surface area (Å²) in [4.78, 5) is 7.32. The van der Waals surface area contributed by atoms with Crippen molar-refractivity contribution in [3.05, 3.63) is 30.1 Å². The third kappa shape index (κ3) is 1.19. The van der Waals surface area contributed by atoms with Crippen molar-refractivity contribution in [3.63, 3.8) is 0 Å². The molecule has 0 radical (unpaired) electrons. The molecule has 0 unspecified atom stereocenters. The van der Waals surface area contributed by atoms with Crippen molar-refractivity contribution in [1.82, 2.24) is 15.3 Å². The van der Waals surface area contributed by atoms with Crippen molar-refractivity contribution >= 4 is 11.0 Å². The maximum Gasteiger partial charge on any atom is 0.137 e. The summed E-state index contributed by atoms with van der Waals surface area (Å²) in [6, 6.07) is 4.16. The summed E-state index contributed by atoms with van der Waals surface area (Å²) in [5.41, 5.74) is 2.17. The Morgan fingerprint density at radius 2 is 2.50 bits per heavy atom. The second-order valence-electron chi connectivity index (χ2n) is 2.79. The SMILES string of the molecule is CNCc1cnc2[nH]ccc2c1. The normalized spacial score (nSPS) is 10.8. The molecule has 2 aromatic rings. The Morgan fingerprint density at radius 3 is 3.33 bits per heavy atom. The first-order valence-electron chi connectivity index (χ1n) is 3.97. The van der Waals surface area contributed by atoms with Crippen molar-refractivity contribution in [2.45, 2.75) is 6.54 Å². The van der Waals surface area contributed by atoms with Gasteiger partial charge >= 0.3 is 0 Å². The molecule has 2 rings (SSSR count). The summed E-state index contributed by atoms with van der Waals surface area (Å²) < 4.78 is 0. The summed E-state index contributed by atoms with van der Waals surface area (Å²) in [5, 5.41) is 4.26. The van der Waals surface area contributed by atoms with Gasteiger partial charge < -0.3 is 10.3 Å². The van der Waals surface area contributed by atoms with E-state index in [9.17, 15) is 0 Å². The van der Waals surface area contributed by atoms with Gasteiger partial charge in [0.15, 0.2) is 0 Å². The van der Waals surface area contributed by atoms with Gasteiger partial charge in [0.05, 0.1) is 0 Å². The van der Waals surface area contributed by atoms with Crippen molar-refractivity contribution in [2.24, 2.45) is 0 Å². The summed E-state index contributed by atoms with van der Waals surface area (Å²) in [5.74, 6) is 0. The molecule has 0 atom stereocenters. The van der Waals surface area contributed by atoms with Crippen molar-refractivity contribution in [3.8, 4) is 0 Å². The second-order valence-corrected chi connectivity index (χ2v) is 2.79. The molecular formula is C9H11N3. The quantitative estimate of drug-likeness (QED) is 0.696. The summed E-state index contributed by atoms with van der Waals surface area (Å²) in [7, 11) is 1.93. The molecule has 62 valence electrons. The fourth-order valence-electron chi connectivity index (χ4n) is 1.29. The number of rotatable bonds is 2. The second kappa shape index (κ2) is 2.95. The molecule has 0 fully saturated rings. The van der Waals surface area contributed by atoms with Gasteiger partial charge in [-0.15, -0.1) is 0 Å². The lowest BCUT2D eigenvalue weighted by Crippen LogP contribution is -2.04. The standard InChI is InChI=1S/C9H11N3/c1-10-5-7-4-8-2-3-11-9(8)12-6-7/h2-4,6,10H,5H2,1H3,(H,11,12). The maximum absolute atomic E-state index is 4.26.